The van der Waals surface area contributed by atoms with Crippen molar-refractivity contribution >= 4 is 5.95 Å². The lowest BCUT2D eigenvalue weighted by atomic mass is 10.1. The number of aryl methyl sites for hydroxylation is 1. The molecule has 1 aromatic rings. The molecule has 3 N–H and O–H groups in total. The molecule has 0 saturated carbocycles. The molecule has 0 spiro atoms. The summed E-state index contributed by atoms with van der Waals surface area (Å²) in [6.45, 7) is 4.77. The van der Waals surface area contributed by atoms with Gasteiger partial charge in [0.25, 0.3) is 0 Å². The quantitative estimate of drug-likeness (QED) is 0.747. The summed E-state index contributed by atoms with van der Waals surface area (Å²) in [6.07, 6.45) is 7.06. The van der Waals surface area contributed by atoms with Crippen LogP contribution in [0.4, 0.5) is 5.95 Å². The third-order valence-electron chi connectivity index (χ3n) is 2.30. The third kappa shape index (κ3) is 4.25. The fraction of sp³-hybridized carbons (Fsp3) is 0.636. The van der Waals surface area contributed by atoms with Gasteiger partial charge in [-0.15, -0.1) is 0 Å². The largest absolute Gasteiger partial charge is 0.350 e. The van der Waals surface area contributed by atoms with Gasteiger partial charge in [-0.05, 0) is 18.9 Å². The zero-order valence-electron chi connectivity index (χ0n) is 9.53. The predicted octanol–water partition coefficient (Wildman–Crippen LogP) is 1.71. The van der Waals surface area contributed by atoms with Crippen LogP contribution >= 0.6 is 0 Å². The molecule has 1 aromatic heterocycles. The van der Waals surface area contributed by atoms with Crippen molar-refractivity contribution < 1.29 is 0 Å². The Morgan fingerprint density at radius 2 is 2.07 bits per heavy atom. The van der Waals surface area contributed by atoms with Crippen LogP contribution in [0.1, 0.15) is 31.7 Å². The van der Waals surface area contributed by atoms with Gasteiger partial charge >= 0.3 is 0 Å². The van der Waals surface area contributed by atoms with Gasteiger partial charge in [0.2, 0.25) is 5.95 Å². The molecule has 0 bridgehead atoms. The van der Waals surface area contributed by atoms with E-state index in [1.807, 2.05) is 19.3 Å². The summed E-state index contributed by atoms with van der Waals surface area (Å²) in [6, 6.07) is 0.285. The van der Waals surface area contributed by atoms with E-state index < -0.39 is 0 Å². The van der Waals surface area contributed by atoms with Gasteiger partial charge < -0.3 is 11.1 Å². The van der Waals surface area contributed by atoms with Crippen LogP contribution < -0.4 is 11.1 Å². The summed E-state index contributed by atoms with van der Waals surface area (Å²) in [5.74, 6) is 0.673. The number of nitrogens with zero attached hydrogens (tertiary/aromatic N) is 2. The molecule has 15 heavy (non-hydrogen) atoms. The molecule has 0 amide bonds. The molecule has 1 rings (SSSR count). The molecule has 0 aliphatic heterocycles. The molecule has 0 fully saturated rings. The highest BCUT2D eigenvalue weighted by molar-refractivity contribution is 5.26. The molecule has 0 aliphatic carbocycles. The fourth-order valence-corrected chi connectivity index (χ4v) is 1.35. The maximum atomic E-state index is 5.67. The Balaban J connectivity index is 2.47. The number of nitrogens with one attached hydrogen (secondary N) is 1. The van der Waals surface area contributed by atoms with Crippen LogP contribution in [0.2, 0.25) is 0 Å². The van der Waals surface area contributed by atoms with Gasteiger partial charge in [0.15, 0.2) is 0 Å². The number of unbranched alkanes of at least 4 members (excludes halogenated alkanes) is 1. The van der Waals surface area contributed by atoms with E-state index in [2.05, 4.69) is 22.2 Å². The van der Waals surface area contributed by atoms with Gasteiger partial charge in [-0.1, -0.05) is 19.8 Å². The van der Waals surface area contributed by atoms with Gasteiger partial charge in [-0.25, -0.2) is 9.97 Å². The zero-order valence-corrected chi connectivity index (χ0v) is 9.53. The highest BCUT2D eigenvalue weighted by atomic mass is 15.1. The topological polar surface area (TPSA) is 63.8 Å². The highest BCUT2D eigenvalue weighted by Gasteiger charge is 2.06. The lowest BCUT2D eigenvalue weighted by molar-refractivity contribution is 0.610. The molecule has 0 saturated heterocycles. The summed E-state index contributed by atoms with van der Waals surface area (Å²) in [5, 5.41) is 3.24. The van der Waals surface area contributed by atoms with Crippen molar-refractivity contribution in [3.63, 3.8) is 0 Å². The molecule has 4 heteroatoms. The van der Waals surface area contributed by atoms with E-state index >= 15 is 0 Å². The Kier molecular flexibility index (Phi) is 5.04. The van der Waals surface area contributed by atoms with Gasteiger partial charge in [-0.2, -0.15) is 0 Å². The second-order valence-electron chi connectivity index (χ2n) is 3.80. The molecule has 4 nitrogen and oxygen atoms in total. The molecule has 1 unspecified atom stereocenters. The smallest absolute Gasteiger partial charge is 0.222 e. The first-order chi connectivity index (χ1) is 7.26. The lowest BCUT2D eigenvalue weighted by Gasteiger charge is -2.15. The van der Waals surface area contributed by atoms with Gasteiger partial charge in [-0.3, -0.25) is 0 Å². The Morgan fingerprint density at radius 1 is 1.40 bits per heavy atom. The maximum Gasteiger partial charge on any atom is 0.222 e. The average Bonchev–Trinajstić information content (AvgIpc) is 2.27. The summed E-state index contributed by atoms with van der Waals surface area (Å²) in [7, 11) is 0. The van der Waals surface area contributed by atoms with Crippen molar-refractivity contribution in [1.29, 1.82) is 0 Å². The first kappa shape index (κ1) is 11.9. The first-order valence-corrected chi connectivity index (χ1v) is 5.51. The number of hydrogen-bond acceptors (Lipinski definition) is 4. The SMILES string of the molecule is CCCCC(CN)Nc1ncc(C)cn1. The maximum absolute atomic E-state index is 5.67. The minimum Gasteiger partial charge on any atom is -0.350 e. The third-order valence-corrected chi connectivity index (χ3v) is 2.30. The number of aromatic nitrogens is 2. The normalized spacial score (nSPS) is 12.5. The van der Waals surface area contributed by atoms with Crippen molar-refractivity contribution in [2.45, 2.75) is 39.2 Å². The average molecular weight is 208 g/mol. The summed E-state index contributed by atoms with van der Waals surface area (Å²) >= 11 is 0. The molecule has 0 aromatic carbocycles. The van der Waals surface area contributed by atoms with E-state index in [4.69, 9.17) is 5.73 Å². The number of anilines is 1. The van der Waals surface area contributed by atoms with Crippen molar-refractivity contribution in [1.82, 2.24) is 9.97 Å². The molecular weight excluding hydrogens is 188 g/mol. The zero-order chi connectivity index (χ0) is 11.1. The first-order valence-electron chi connectivity index (χ1n) is 5.51. The van der Waals surface area contributed by atoms with Crippen LogP contribution in [0.5, 0.6) is 0 Å². The second kappa shape index (κ2) is 6.35. The standard InChI is InChI=1S/C11H20N4/c1-3-4-5-10(6-12)15-11-13-7-9(2)8-14-11/h7-8,10H,3-6,12H2,1-2H3,(H,13,14,15). The summed E-state index contributed by atoms with van der Waals surface area (Å²) < 4.78 is 0. The van der Waals surface area contributed by atoms with E-state index in [9.17, 15) is 0 Å². The Bertz CT molecular complexity index is 270. The summed E-state index contributed by atoms with van der Waals surface area (Å²) in [5.41, 5.74) is 6.74. The van der Waals surface area contributed by atoms with Crippen molar-refractivity contribution in [2.24, 2.45) is 5.73 Å². The predicted molar refractivity (Wildman–Crippen MR) is 62.8 cm³/mol. The lowest BCUT2D eigenvalue weighted by Crippen LogP contribution is -2.29. The minimum atomic E-state index is 0.285. The molecule has 84 valence electrons. The number of rotatable bonds is 6. The van der Waals surface area contributed by atoms with E-state index in [0.717, 1.165) is 12.0 Å². The van der Waals surface area contributed by atoms with Gasteiger partial charge in [0.05, 0.1) is 0 Å². The minimum absolute atomic E-state index is 0.285. The van der Waals surface area contributed by atoms with Crippen LogP contribution in [0.15, 0.2) is 12.4 Å². The van der Waals surface area contributed by atoms with Gasteiger partial charge in [0.1, 0.15) is 0 Å². The number of hydrogen-bond donors (Lipinski definition) is 2. The van der Waals surface area contributed by atoms with Crippen molar-refractivity contribution in [2.75, 3.05) is 11.9 Å². The van der Waals surface area contributed by atoms with Crippen LogP contribution in [0.3, 0.4) is 0 Å². The van der Waals surface area contributed by atoms with Crippen LogP contribution in [0, 0.1) is 6.92 Å². The van der Waals surface area contributed by atoms with E-state index in [-0.39, 0.29) is 6.04 Å². The fourth-order valence-electron chi connectivity index (χ4n) is 1.35. The van der Waals surface area contributed by atoms with Crippen molar-refractivity contribution in [3.8, 4) is 0 Å². The Hall–Kier alpha value is -1.16. The van der Waals surface area contributed by atoms with Crippen LogP contribution in [-0.4, -0.2) is 22.6 Å². The van der Waals surface area contributed by atoms with E-state index in [1.54, 1.807) is 0 Å². The molecule has 0 aliphatic rings. The molecular formula is C11H20N4. The van der Waals surface area contributed by atoms with Crippen LogP contribution in [-0.2, 0) is 0 Å². The van der Waals surface area contributed by atoms with Crippen molar-refractivity contribution in [3.05, 3.63) is 18.0 Å². The number of nitrogens with two attached hydrogens (primary N) is 1. The molecule has 0 radical (unpaired) electrons. The Morgan fingerprint density at radius 3 is 2.60 bits per heavy atom. The monoisotopic (exact) mass is 208 g/mol. The van der Waals surface area contributed by atoms with Gasteiger partial charge in [0, 0.05) is 25.0 Å². The Labute approximate surface area is 91.3 Å². The van der Waals surface area contributed by atoms with Crippen LogP contribution in [0.25, 0.3) is 0 Å². The van der Waals surface area contributed by atoms with E-state index in [0.29, 0.717) is 12.5 Å². The molecule has 1 atom stereocenters. The second-order valence-corrected chi connectivity index (χ2v) is 3.80. The highest BCUT2D eigenvalue weighted by Crippen LogP contribution is 2.06. The van der Waals surface area contributed by atoms with E-state index in [1.165, 1.54) is 12.8 Å². The molecule has 1 heterocycles. The summed E-state index contributed by atoms with van der Waals surface area (Å²) in [4.78, 5) is 8.39.